The largest absolute Gasteiger partial charge is 0.394 e. The first-order chi connectivity index (χ1) is 11.2. The van der Waals surface area contributed by atoms with Crippen LogP contribution in [0.25, 0.3) is 0 Å². The van der Waals surface area contributed by atoms with Gasteiger partial charge in [0.2, 0.25) is 0 Å². The predicted octanol–water partition coefficient (Wildman–Crippen LogP) is -1.80. The van der Waals surface area contributed by atoms with Gasteiger partial charge in [-0.1, -0.05) is 18.2 Å². The molecule has 0 saturated carbocycles. The van der Waals surface area contributed by atoms with Crippen molar-refractivity contribution >= 4 is 16.0 Å². The SMILES string of the molecule is CS(=O)(=O)O[C@H]1[C@H](O)[C@@H](CO)O[C@@H](O)[C@@H]1NC(=O)c1ccccc1. The van der Waals surface area contributed by atoms with Crippen LogP contribution in [0.4, 0.5) is 0 Å². The molecule has 0 aliphatic carbocycles. The molecule has 1 aromatic rings. The van der Waals surface area contributed by atoms with Gasteiger partial charge < -0.3 is 25.4 Å². The summed E-state index contributed by atoms with van der Waals surface area (Å²) in [6, 6.07) is 6.65. The van der Waals surface area contributed by atoms with E-state index in [4.69, 9.17) is 14.0 Å². The summed E-state index contributed by atoms with van der Waals surface area (Å²) in [5.41, 5.74) is 0.265. The Balaban J connectivity index is 2.24. The van der Waals surface area contributed by atoms with E-state index in [9.17, 15) is 23.4 Å². The number of ether oxygens (including phenoxy) is 1. The van der Waals surface area contributed by atoms with Crippen molar-refractivity contribution in [2.24, 2.45) is 0 Å². The summed E-state index contributed by atoms with van der Waals surface area (Å²) in [6.07, 6.45) is -5.25. The second-order valence-corrected chi connectivity index (χ2v) is 6.97. The molecule has 4 N–H and O–H groups in total. The highest BCUT2D eigenvalue weighted by Crippen LogP contribution is 2.24. The van der Waals surface area contributed by atoms with E-state index in [1.165, 1.54) is 12.1 Å². The number of aliphatic hydroxyl groups is 3. The number of nitrogens with one attached hydrogen (secondary N) is 1. The molecule has 1 saturated heterocycles. The van der Waals surface area contributed by atoms with Crippen LogP contribution < -0.4 is 5.32 Å². The van der Waals surface area contributed by atoms with E-state index < -0.39 is 53.3 Å². The lowest BCUT2D eigenvalue weighted by atomic mass is 9.97. The van der Waals surface area contributed by atoms with Gasteiger partial charge in [-0.2, -0.15) is 8.42 Å². The summed E-state index contributed by atoms with van der Waals surface area (Å²) in [5, 5.41) is 31.7. The monoisotopic (exact) mass is 361 g/mol. The Labute approximate surface area is 139 Å². The van der Waals surface area contributed by atoms with Crippen molar-refractivity contribution in [3.63, 3.8) is 0 Å². The van der Waals surface area contributed by atoms with Gasteiger partial charge in [-0.25, -0.2) is 0 Å². The van der Waals surface area contributed by atoms with Gasteiger partial charge in [0, 0.05) is 5.56 Å². The third kappa shape index (κ3) is 4.50. The zero-order chi connectivity index (χ0) is 17.9. The average Bonchev–Trinajstić information content (AvgIpc) is 2.53. The first kappa shape index (κ1) is 18.8. The van der Waals surface area contributed by atoms with Crippen molar-refractivity contribution in [1.29, 1.82) is 0 Å². The number of rotatable bonds is 5. The highest BCUT2D eigenvalue weighted by Gasteiger charge is 2.47. The first-order valence-electron chi connectivity index (χ1n) is 7.09. The van der Waals surface area contributed by atoms with Crippen molar-refractivity contribution in [3.05, 3.63) is 35.9 Å². The summed E-state index contributed by atoms with van der Waals surface area (Å²) >= 11 is 0. The molecule has 9 nitrogen and oxygen atoms in total. The minimum Gasteiger partial charge on any atom is -0.394 e. The number of hydrogen-bond acceptors (Lipinski definition) is 8. The minimum absolute atomic E-state index is 0.265. The number of carbonyl (C=O) groups excluding carboxylic acids is 1. The summed E-state index contributed by atoms with van der Waals surface area (Å²) < 4.78 is 32.6. The molecule has 1 aromatic carbocycles. The number of hydrogen-bond donors (Lipinski definition) is 4. The van der Waals surface area contributed by atoms with Gasteiger partial charge >= 0.3 is 0 Å². The van der Waals surface area contributed by atoms with Gasteiger partial charge in [-0.15, -0.1) is 0 Å². The number of carbonyl (C=O) groups is 1. The smallest absolute Gasteiger partial charge is 0.264 e. The van der Waals surface area contributed by atoms with E-state index in [2.05, 4.69) is 5.32 Å². The van der Waals surface area contributed by atoms with E-state index in [0.717, 1.165) is 6.26 Å². The molecule has 0 bridgehead atoms. The first-order valence-corrected chi connectivity index (χ1v) is 8.91. The summed E-state index contributed by atoms with van der Waals surface area (Å²) in [5.74, 6) is -0.611. The van der Waals surface area contributed by atoms with Gasteiger partial charge in [0.1, 0.15) is 24.4 Å². The Hall–Kier alpha value is -1.56. The van der Waals surface area contributed by atoms with Crippen molar-refractivity contribution in [1.82, 2.24) is 5.32 Å². The predicted molar refractivity (Wildman–Crippen MR) is 81.4 cm³/mol. The van der Waals surface area contributed by atoms with Crippen molar-refractivity contribution in [2.75, 3.05) is 12.9 Å². The molecular formula is C14H19NO8S. The van der Waals surface area contributed by atoms with Crippen LogP contribution in [0, 0.1) is 0 Å². The molecule has 1 amide bonds. The Morgan fingerprint density at radius 3 is 2.46 bits per heavy atom. The zero-order valence-electron chi connectivity index (χ0n) is 12.8. The van der Waals surface area contributed by atoms with Gasteiger partial charge in [-0.3, -0.25) is 8.98 Å². The molecule has 5 atom stereocenters. The maximum atomic E-state index is 12.2. The number of benzene rings is 1. The number of amides is 1. The fraction of sp³-hybridized carbons (Fsp3) is 0.500. The lowest BCUT2D eigenvalue weighted by Crippen LogP contribution is -2.65. The molecule has 1 fully saturated rings. The second-order valence-electron chi connectivity index (χ2n) is 5.37. The van der Waals surface area contributed by atoms with Crippen LogP contribution in [0.3, 0.4) is 0 Å². The molecule has 1 heterocycles. The zero-order valence-corrected chi connectivity index (χ0v) is 13.6. The van der Waals surface area contributed by atoms with Gasteiger partial charge in [0.25, 0.3) is 16.0 Å². The Morgan fingerprint density at radius 2 is 1.92 bits per heavy atom. The van der Waals surface area contributed by atoms with Gasteiger partial charge in [-0.05, 0) is 12.1 Å². The third-order valence-corrected chi connectivity index (χ3v) is 4.06. The van der Waals surface area contributed by atoms with Crippen LogP contribution in [0.15, 0.2) is 30.3 Å². The highest BCUT2D eigenvalue weighted by molar-refractivity contribution is 7.86. The second kappa shape index (κ2) is 7.55. The molecule has 1 aliphatic heterocycles. The molecular weight excluding hydrogens is 342 g/mol. The van der Waals surface area contributed by atoms with Crippen molar-refractivity contribution < 1.29 is 37.5 Å². The quantitative estimate of drug-likeness (QED) is 0.450. The van der Waals surface area contributed by atoms with Crippen LogP contribution in [0.1, 0.15) is 10.4 Å². The molecule has 134 valence electrons. The molecule has 0 aromatic heterocycles. The van der Waals surface area contributed by atoms with E-state index in [1.54, 1.807) is 18.2 Å². The van der Waals surface area contributed by atoms with Crippen molar-refractivity contribution in [3.8, 4) is 0 Å². The lowest BCUT2D eigenvalue weighted by Gasteiger charge is -2.41. The molecule has 0 radical (unpaired) electrons. The fourth-order valence-corrected chi connectivity index (χ4v) is 3.01. The van der Waals surface area contributed by atoms with Crippen LogP contribution >= 0.6 is 0 Å². The van der Waals surface area contributed by atoms with E-state index in [-0.39, 0.29) is 5.56 Å². The van der Waals surface area contributed by atoms with Crippen molar-refractivity contribution in [2.45, 2.75) is 30.6 Å². The normalized spacial score (nSPS) is 30.8. The molecule has 0 spiro atoms. The molecule has 2 rings (SSSR count). The third-order valence-electron chi connectivity index (χ3n) is 3.49. The maximum Gasteiger partial charge on any atom is 0.264 e. The van der Waals surface area contributed by atoms with Crippen LogP contribution in [-0.2, 0) is 19.0 Å². The number of aliphatic hydroxyl groups excluding tert-OH is 3. The topological polar surface area (TPSA) is 142 Å². The molecule has 0 unspecified atom stereocenters. The molecule has 1 aliphatic rings. The maximum absolute atomic E-state index is 12.2. The van der Waals surface area contributed by atoms with Crippen LogP contribution in [-0.4, -0.2) is 73.2 Å². The Kier molecular flexibility index (Phi) is 5.91. The molecule has 10 heteroatoms. The highest BCUT2D eigenvalue weighted by atomic mass is 32.2. The standard InChI is InChI=1S/C14H19NO8S/c1-24(20,21)23-12-10(14(19)22-9(7-16)11(12)17)15-13(18)8-5-3-2-4-6-8/h2-6,9-12,14,16-17,19H,7H2,1H3,(H,15,18)/t9-,10-,11-,12-,14-/m1/s1. The van der Waals surface area contributed by atoms with Crippen LogP contribution in [0.5, 0.6) is 0 Å². The Morgan fingerprint density at radius 1 is 1.29 bits per heavy atom. The van der Waals surface area contributed by atoms with E-state index in [0.29, 0.717) is 0 Å². The Bertz CT molecular complexity index is 665. The van der Waals surface area contributed by atoms with Gasteiger partial charge in [0.15, 0.2) is 6.29 Å². The summed E-state index contributed by atoms with van der Waals surface area (Å²) in [6.45, 7) is -0.665. The van der Waals surface area contributed by atoms with Crippen LogP contribution in [0.2, 0.25) is 0 Å². The van der Waals surface area contributed by atoms with Gasteiger partial charge in [0.05, 0.1) is 12.9 Å². The average molecular weight is 361 g/mol. The lowest BCUT2D eigenvalue weighted by molar-refractivity contribution is -0.247. The molecule has 24 heavy (non-hydrogen) atoms. The van der Waals surface area contributed by atoms with E-state index >= 15 is 0 Å². The minimum atomic E-state index is -4.00. The fourth-order valence-electron chi connectivity index (χ4n) is 2.38. The summed E-state index contributed by atoms with van der Waals surface area (Å²) in [4.78, 5) is 12.2. The summed E-state index contributed by atoms with van der Waals surface area (Å²) in [7, 11) is -4.00. The van der Waals surface area contributed by atoms with E-state index in [1.807, 2.05) is 0 Å².